The molecular weight excluding hydrogens is 548 g/mol. The van der Waals surface area contributed by atoms with Crippen molar-refractivity contribution in [3.63, 3.8) is 0 Å². The number of halogens is 4. The number of ether oxygens (including phenoxy) is 1. The average Bonchev–Trinajstić information content (AvgIpc) is 3.36. The normalized spacial score (nSPS) is 11.0. The highest BCUT2D eigenvalue weighted by atomic mass is 79.9. The van der Waals surface area contributed by atoms with Gasteiger partial charge in [-0.1, -0.05) is 45.2 Å². The first-order valence-electron chi connectivity index (χ1n) is 10.2. The van der Waals surface area contributed by atoms with Gasteiger partial charge in [-0.25, -0.2) is 4.39 Å². The van der Waals surface area contributed by atoms with Crippen molar-refractivity contribution in [2.24, 2.45) is 0 Å². The van der Waals surface area contributed by atoms with Crippen molar-refractivity contribution in [1.29, 1.82) is 0 Å². The largest absolute Gasteiger partial charge is 0.484 e. The third kappa shape index (κ3) is 5.29. The lowest BCUT2D eigenvalue weighted by molar-refractivity contribution is 0.0992. The second-order valence-corrected chi connectivity index (χ2v) is 9.22. The Morgan fingerprint density at radius 2 is 1.97 bits per heavy atom. The lowest BCUT2D eigenvalue weighted by Crippen LogP contribution is -2.13. The number of nitrogens with one attached hydrogen (secondary N) is 1. The van der Waals surface area contributed by atoms with Gasteiger partial charge < -0.3 is 14.5 Å². The fourth-order valence-electron chi connectivity index (χ4n) is 3.36. The molecule has 1 N–H and O–H groups in total. The van der Waals surface area contributed by atoms with Gasteiger partial charge in [0, 0.05) is 15.1 Å². The van der Waals surface area contributed by atoms with Crippen LogP contribution in [0.25, 0.3) is 0 Å². The van der Waals surface area contributed by atoms with E-state index in [1.54, 1.807) is 54.9 Å². The fraction of sp³-hybridized carbons (Fsp3) is 0.167. The molecule has 2 aromatic heterocycles. The molecule has 0 aliphatic heterocycles. The fourth-order valence-corrected chi connectivity index (χ4v) is 4.31. The first-order valence-corrected chi connectivity index (χ1v) is 11.7. The van der Waals surface area contributed by atoms with Gasteiger partial charge in [-0.05, 0) is 56.3 Å². The van der Waals surface area contributed by atoms with Gasteiger partial charge in [-0.3, -0.25) is 9.48 Å². The van der Waals surface area contributed by atoms with Gasteiger partial charge in [0.15, 0.2) is 5.76 Å². The number of benzene rings is 2. The highest BCUT2D eigenvalue weighted by Crippen LogP contribution is 2.29. The molecule has 34 heavy (non-hydrogen) atoms. The molecule has 0 saturated carbocycles. The topological polar surface area (TPSA) is 69.3 Å². The molecule has 4 aromatic rings. The molecule has 0 saturated heterocycles. The Bertz CT molecular complexity index is 1350. The van der Waals surface area contributed by atoms with Gasteiger partial charge in [-0.2, -0.15) is 5.10 Å². The van der Waals surface area contributed by atoms with Crippen LogP contribution in [0, 0.1) is 19.7 Å². The second-order valence-electron chi connectivity index (χ2n) is 7.49. The number of amides is 1. The SMILES string of the molecule is Cc1nn(Cc2c(F)cccc2Cl)c(C)c1NC(=O)c1ccc(COc2ccc(Br)cc2Cl)o1. The number of aromatic nitrogens is 2. The Morgan fingerprint density at radius 3 is 2.71 bits per heavy atom. The van der Waals surface area contributed by atoms with E-state index in [9.17, 15) is 9.18 Å². The van der Waals surface area contributed by atoms with E-state index in [4.69, 9.17) is 32.4 Å². The van der Waals surface area contributed by atoms with Gasteiger partial charge in [0.1, 0.15) is 23.9 Å². The van der Waals surface area contributed by atoms with E-state index in [1.165, 1.54) is 6.07 Å². The van der Waals surface area contributed by atoms with Crippen molar-refractivity contribution in [1.82, 2.24) is 9.78 Å². The number of carbonyl (C=O) groups excluding carboxylic acids is 1. The number of aryl methyl sites for hydroxylation is 1. The predicted octanol–water partition coefficient (Wildman–Crippen LogP) is 7.18. The van der Waals surface area contributed by atoms with E-state index in [0.29, 0.717) is 44.2 Å². The van der Waals surface area contributed by atoms with Crippen LogP contribution in [0.5, 0.6) is 5.75 Å². The van der Waals surface area contributed by atoms with E-state index in [0.717, 1.165) is 4.47 Å². The predicted molar refractivity (Wildman–Crippen MR) is 132 cm³/mol. The van der Waals surface area contributed by atoms with Gasteiger partial charge in [0.25, 0.3) is 5.91 Å². The molecule has 0 bridgehead atoms. The summed E-state index contributed by atoms with van der Waals surface area (Å²) >= 11 is 15.6. The van der Waals surface area contributed by atoms with E-state index >= 15 is 0 Å². The molecule has 6 nitrogen and oxygen atoms in total. The van der Waals surface area contributed by atoms with Crippen LogP contribution in [0.2, 0.25) is 10.0 Å². The zero-order chi connectivity index (χ0) is 24.4. The summed E-state index contributed by atoms with van der Waals surface area (Å²) in [7, 11) is 0. The van der Waals surface area contributed by atoms with Crippen LogP contribution in [0.4, 0.5) is 10.1 Å². The van der Waals surface area contributed by atoms with Crippen molar-refractivity contribution < 1.29 is 18.3 Å². The number of hydrogen-bond acceptors (Lipinski definition) is 4. The lowest BCUT2D eigenvalue weighted by Gasteiger charge is -2.09. The second kappa shape index (κ2) is 10.2. The van der Waals surface area contributed by atoms with Crippen molar-refractivity contribution >= 4 is 50.7 Å². The molecule has 0 aliphatic carbocycles. The zero-order valence-corrected chi connectivity index (χ0v) is 21.3. The summed E-state index contributed by atoms with van der Waals surface area (Å²) in [5.41, 5.74) is 2.09. The molecule has 176 valence electrons. The number of carbonyl (C=O) groups is 1. The number of furan rings is 1. The third-order valence-corrected chi connectivity index (χ3v) is 6.28. The number of hydrogen-bond donors (Lipinski definition) is 1. The Balaban J connectivity index is 1.44. The standard InChI is InChI=1S/C24H19BrCl2FN3O3/c1-13-23(14(2)31(30-13)11-17-18(26)4-3-5-20(17)28)29-24(32)22-9-7-16(34-22)12-33-21-8-6-15(25)10-19(21)27/h3-10H,11-12H2,1-2H3,(H,29,32). The van der Waals surface area contributed by atoms with E-state index in [-0.39, 0.29) is 18.9 Å². The lowest BCUT2D eigenvalue weighted by atomic mass is 10.2. The smallest absolute Gasteiger partial charge is 0.291 e. The van der Waals surface area contributed by atoms with Gasteiger partial charge in [0.05, 0.1) is 28.6 Å². The highest BCUT2D eigenvalue weighted by molar-refractivity contribution is 9.10. The summed E-state index contributed by atoms with van der Waals surface area (Å²) in [6.07, 6.45) is 0. The zero-order valence-electron chi connectivity index (χ0n) is 18.2. The third-order valence-electron chi connectivity index (χ3n) is 5.14. The molecule has 2 heterocycles. The van der Waals surface area contributed by atoms with Crippen LogP contribution in [0.3, 0.4) is 0 Å². The molecule has 0 atom stereocenters. The maximum atomic E-state index is 14.2. The van der Waals surface area contributed by atoms with Gasteiger partial charge in [0.2, 0.25) is 0 Å². The summed E-state index contributed by atoms with van der Waals surface area (Å²) in [5, 5.41) is 8.02. The Labute approximate surface area is 213 Å². The maximum absolute atomic E-state index is 14.2. The molecule has 0 fully saturated rings. The van der Waals surface area contributed by atoms with Gasteiger partial charge in [-0.15, -0.1) is 0 Å². The van der Waals surface area contributed by atoms with Crippen molar-refractivity contribution in [2.75, 3.05) is 5.32 Å². The molecular formula is C24H19BrCl2FN3O3. The minimum Gasteiger partial charge on any atom is -0.484 e. The van der Waals surface area contributed by atoms with E-state index in [2.05, 4.69) is 26.3 Å². The van der Waals surface area contributed by atoms with Crippen molar-refractivity contribution in [3.8, 4) is 5.75 Å². The number of anilines is 1. The summed E-state index contributed by atoms with van der Waals surface area (Å²) in [6.45, 7) is 3.78. The first-order chi connectivity index (χ1) is 16.2. The quantitative estimate of drug-likeness (QED) is 0.257. The Hall–Kier alpha value is -2.81. The molecule has 10 heteroatoms. The number of rotatable bonds is 7. The van der Waals surface area contributed by atoms with Crippen LogP contribution >= 0.6 is 39.1 Å². The first kappa shape index (κ1) is 24.3. The minimum absolute atomic E-state index is 0.105. The van der Waals surface area contributed by atoms with Crippen molar-refractivity contribution in [3.05, 3.63) is 97.3 Å². The summed E-state index contributed by atoms with van der Waals surface area (Å²) in [5.74, 6) is 0.218. The summed E-state index contributed by atoms with van der Waals surface area (Å²) < 4.78 is 27.9. The molecule has 2 aromatic carbocycles. The minimum atomic E-state index is -0.442. The van der Waals surface area contributed by atoms with Gasteiger partial charge >= 0.3 is 0 Å². The van der Waals surface area contributed by atoms with Crippen LogP contribution < -0.4 is 10.1 Å². The van der Waals surface area contributed by atoms with Crippen molar-refractivity contribution in [2.45, 2.75) is 27.0 Å². The molecule has 1 amide bonds. The average molecular weight is 567 g/mol. The van der Waals surface area contributed by atoms with E-state index in [1.807, 2.05) is 6.07 Å². The summed E-state index contributed by atoms with van der Waals surface area (Å²) in [4.78, 5) is 12.8. The number of nitrogens with zero attached hydrogens (tertiary/aromatic N) is 2. The maximum Gasteiger partial charge on any atom is 0.291 e. The van der Waals surface area contributed by atoms with Crippen LogP contribution in [-0.4, -0.2) is 15.7 Å². The molecule has 0 aliphatic rings. The van der Waals surface area contributed by atoms with Crippen LogP contribution in [-0.2, 0) is 13.2 Å². The molecule has 0 spiro atoms. The molecule has 0 radical (unpaired) electrons. The van der Waals surface area contributed by atoms with Crippen LogP contribution in [0.15, 0.2) is 57.4 Å². The molecule has 4 rings (SSSR count). The highest BCUT2D eigenvalue weighted by Gasteiger charge is 2.19. The Morgan fingerprint density at radius 1 is 1.18 bits per heavy atom. The monoisotopic (exact) mass is 565 g/mol. The van der Waals surface area contributed by atoms with Crippen LogP contribution in [0.1, 0.15) is 33.3 Å². The molecule has 0 unspecified atom stereocenters. The van der Waals surface area contributed by atoms with E-state index < -0.39 is 11.7 Å². The summed E-state index contributed by atoms with van der Waals surface area (Å²) in [6, 6.07) is 13.0. The Kier molecular flexibility index (Phi) is 7.30.